The molecule has 42 heavy (non-hydrogen) atoms. The van der Waals surface area contributed by atoms with Crippen LogP contribution in [0.5, 0.6) is 0 Å². The molecule has 0 saturated carbocycles. The normalized spacial score (nSPS) is 12.9. The maximum absolute atomic E-state index is 14.5. The van der Waals surface area contributed by atoms with Crippen LogP contribution in [-0.4, -0.2) is 33.7 Å². The van der Waals surface area contributed by atoms with Crippen molar-refractivity contribution in [1.29, 1.82) is 0 Å². The number of carbonyl (C=O) groups is 2. The number of hydrogen-bond donors (Lipinski definition) is 0. The Labute approximate surface area is 242 Å². The largest absolute Gasteiger partial charge is 0.469 e. The van der Waals surface area contributed by atoms with Gasteiger partial charge in [0.05, 0.1) is 46.6 Å². The number of nitrogens with zero attached hydrogens (tertiary/aromatic N) is 3. The van der Waals surface area contributed by atoms with Crippen LogP contribution in [0.1, 0.15) is 46.1 Å². The van der Waals surface area contributed by atoms with Crippen LogP contribution in [0.4, 0.5) is 11.4 Å². The first-order valence-electron chi connectivity index (χ1n) is 13.2. The van der Waals surface area contributed by atoms with E-state index in [1.54, 1.807) is 31.2 Å². The molecular weight excluding hydrogens is 538 g/mol. The molecule has 0 unspecified atom stereocenters. The van der Waals surface area contributed by atoms with Gasteiger partial charge < -0.3 is 9.64 Å². The van der Waals surface area contributed by atoms with Crippen LogP contribution in [-0.2, 0) is 16.0 Å². The van der Waals surface area contributed by atoms with Crippen molar-refractivity contribution in [1.82, 2.24) is 4.90 Å². The summed E-state index contributed by atoms with van der Waals surface area (Å²) < 4.78 is 5.25. The Hall–Kier alpha value is -5.38. The second-order valence-electron chi connectivity index (χ2n) is 9.73. The molecule has 4 aromatic carbocycles. The van der Waals surface area contributed by atoms with Crippen molar-refractivity contribution in [2.75, 3.05) is 7.11 Å². The maximum atomic E-state index is 14.5. The molecule has 0 bridgehead atoms. The number of ether oxygens (including phenoxy) is 1. The molecule has 0 aliphatic rings. The molecule has 1 amide bonds. The Kier molecular flexibility index (Phi) is 9.39. The van der Waals surface area contributed by atoms with Gasteiger partial charge in [-0.1, -0.05) is 91.0 Å². The van der Waals surface area contributed by atoms with E-state index in [0.29, 0.717) is 5.56 Å². The maximum Gasteiger partial charge on any atom is 0.311 e. The van der Waals surface area contributed by atoms with E-state index in [-0.39, 0.29) is 12.0 Å². The molecule has 0 heterocycles. The third kappa shape index (κ3) is 6.67. The lowest BCUT2D eigenvalue weighted by Crippen LogP contribution is -2.43. The molecule has 0 spiro atoms. The van der Waals surface area contributed by atoms with Gasteiger partial charge in [-0.05, 0) is 30.0 Å². The number of benzene rings is 4. The van der Waals surface area contributed by atoms with Crippen LogP contribution in [0.3, 0.4) is 0 Å². The summed E-state index contributed by atoms with van der Waals surface area (Å²) in [6, 6.07) is 28.6. The van der Waals surface area contributed by atoms with Gasteiger partial charge >= 0.3 is 5.97 Å². The van der Waals surface area contributed by atoms with Gasteiger partial charge in [-0.25, -0.2) is 0 Å². The monoisotopic (exact) mass is 567 g/mol. The van der Waals surface area contributed by atoms with E-state index in [4.69, 9.17) is 4.74 Å². The van der Waals surface area contributed by atoms with Crippen molar-refractivity contribution in [2.45, 2.75) is 25.4 Å². The predicted octanol–water partition coefficient (Wildman–Crippen LogP) is 6.48. The van der Waals surface area contributed by atoms with E-state index >= 15 is 0 Å². The zero-order chi connectivity index (χ0) is 30.2. The standard InChI is InChI=1S/C32H29N3O7/c1-22(24-14-8-4-9-15-24)33(31(36)26-19-27(34(38)39)21-28(20-26)35(40)41)30(25-16-10-5-11-17-25)29(32(37)42-2)18-23-12-6-3-7-13-23/h3-17,19-22,29-30H,18H2,1-2H3/t22-,29+,30-/m1/s1. The van der Waals surface area contributed by atoms with Crippen molar-refractivity contribution in [3.63, 3.8) is 0 Å². The average Bonchev–Trinajstić information content (AvgIpc) is 3.02. The lowest BCUT2D eigenvalue weighted by molar-refractivity contribution is -0.394. The van der Waals surface area contributed by atoms with Crippen LogP contribution < -0.4 is 0 Å². The molecule has 3 atom stereocenters. The molecule has 0 N–H and O–H groups in total. The highest BCUT2D eigenvalue weighted by molar-refractivity contribution is 5.96. The van der Waals surface area contributed by atoms with Crippen LogP contribution in [0, 0.1) is 26.1 Å². The Morgan fingerprint density at radius 2 is 1.24 bits per heavy atom. The minimum Gasteiger partial charge on any atom is -0.469 e. The number of nitro benzene ring substituents is 2. The van der Waals surface area contributed by atoms with Crippen molar-refractivity contribution in [2.24, 2.45) is 5.92 Å². The number of nitro groups is 2. The molecule has 10 nitrogen and oxygen atoms in total. The number of carbonyl (C=O) groups excluding carboxylic acids is 2. The first-order chi connectivity index (χ1) is 20.2. The Bertz CT molecular complexity index is 1530. The number of hydrogen-bond acceptors (Lipinski definition) is 7. The molecule has 10 heteroatoms. The number of rotatable bonds is 11. The summed E-state index contributed by atoms with van der Waals surface area (Å²) in [5, 5.41) is 23.3. The molecular formula is C32H29N3O7. The summed E-state index contributed by atoms with van der Waals surface area (Å²) in [4.78, 5) is 51.3. The van der Waals surface area contributed by atoms with Crippen molar-refractivity contribution in [3.05, 3.63) is 152 Å². The summed E-state index contributed by atoms with van der Waals surface area (Å²) in [6.45, 7) is 1.78. The molecule has 0 aromatic heterocycles. The van der Waals surface area contributed by atoms with Gasteiger partial charge in [0.25, 0.3) is 17.3 Å². The summed E-state index contributed by atoms with van der Waals surface area (Å²) in [5.41, 5.74) is 0.757. The third-order valence-electron chi connectivity index (χ3n) is 7.13. The zero-order valence-electron chi connectivity index (χ0n) is 23.0. The number of non-ortho nitro benzene ring substituents is 2. The van der Waals surface area contributed by atoms with Crippen molar-refractivity contribution >= 4 is 23.3 Å². The van der Waals surface area contributed by atoms with Crippen LogP contribution in [0.15, 0.2) is 109 Å². The van der Waals surface area contributed by atoms with Gasteiger partial charge in [-0.15, -0.1) is 0 Å². The summed E-state index contributed by atoms with van der Waals surface area (Å²) in [7, 11) is 1.28. The Morgan fingerprint density at radius 3 is 1.71 bits per heavy atom. The van der Waals surface area contributed by atoms with Crippen molar-refractivity contribution < 1.29 is 24.2 Å². The van der Waals surface area contributed by atoms with Crippen molar-refractivity contribution in [3.8, 4) is 0 Å². The van der Waals surface area contributed by atoms with E-state index in [0.717, 1.165) is 29.3 Å². The topological polar surface area (TPSA) is 133 Å². The van der Waals surface area contributed by atoms with Crippen LogP contribution in [0.25, 0.3) is 0 Å². The summed E-state index contributed by atoms with van der Waals surface area (Å²) in [5.74, 6) is -2.17. The van der Waals surface area contributed by atoms with E-state index in [2.05, 4.69) is 0 Å². The van der Waals surface area contributed by atoms with Crippen LogP contribution in [0.2, 0.25) is 0 Å². The molecule has 4 rings (SSSR count). The minimum absolute atomic E-state index is 0.216. The van der Waals surface area contributed by atoms with Gasteiger partial charge in [0, 0.05) is 12.1 Å². The number of methoxy groups -OCH3 is 1. The van der Waals surface area contributed by atoms with E-state index in [1.165, 1.54) is 12.0 Å². The lowest BCUT2D eigenvalue weighted by atomic mass is 9.84. The van der Waals surface area contributed by atoms with Gasteiger partial charge in [-0.2, -0.15) is 0 Å². The van der Waals surface area contributed by atoms with E-state index < -0.39 is 51.1 Å². The molecule has 0 aliphatic heterocycles. The molecule has 214 valence electrons. The van der Waals surface area contributed by atoms with Gasteiger partial charge in [0.1, 0.15) is 0 Å². The minimum atomic E-state index is -0.917. The quantitative estimate of drug-likeness (QED) is 0.115. The SMILES string of the molecule is COC(=O)[C@@H](Cc1ccccc1)[C@@H](c1ccccc1)N(C(=O)c1cc([N+](=O)[O-])cc([N+](=O)[O-])c1)[C@H](C)c1ccccc1. The molecule has 4 aromatic rings. The molecule has 0 fully saturated rings. The second kappa shape index (κ2) is 13.3. The zero-order valence-corrected chi connectivity index (χ0v) is 23.0. The highest BCUT2D eigenvalue weighted by atomic mass is 16.6. The third-order valence-corrected chi connectivity index (χ3v) is 7.13. The molecule has 0 radical (unpaired) electrons. The fourth-order valence-electron chi connectivity index (χ4n) is 5.09. The average molecular weight is 568 g/mol. The number of amides is 1. The van der Waals surface area contributed by atoms with Gasteiger partial charge in [0.2, 0.25) is 0 Å². The van der Waals surface area contributed by atoms with E-state index in [9.17, 15) is 29.8 Å². The fourth-order valence-corrected chi connectivity index (χ4v) is 5.09. The second-order valence-corrected chi connectivity index (χ2v) is 9.73. The van der Waals surface area contributed by atoms with E-state index in [1.807, 2.05) is 66.7 Å². The fraction of sp³-hybridized carbons (Fsp3) is 0.188. The first-order valence-corrected chi connectivity index (χ1v) is 13.2. The Balaban J connectivity index is 1.97. The summed E-state index contributed by atoms with van der Waals surface area (Å²) >= 11 is 0. The number of esters is 1. The molecule has 0 aliphatic carbocycles. The lowest BCUT2D eigenvalue weighted by Gasteiger charge is -2.40. The Morgan fingerprint density at radius 1 is 0.762 bits per heavy atom. The molecule has 0 saturated heterocycles. The van der Waals surface area contributed by atoms with Crippen LogP contribution >= 0.6 is 0 Å². The highest BCUT2D eigenvalue weighted by Gasteiger charge is 2.41. The highest BCUT2D eigenvalue weighted by Crippen LogP contribution is 2.40. The predicted molar refractivity (Wildman–Crippen MR) is 156 cm³/mol. The van der Waals surface area contributed by atoms with Gasteiger partial charge in [0.15, 0.2) is 0 Å². The smallest absolute Gasteiger partial charge is 0.311 e. The summed E-state index contributed by atoms with van der Waals surface area (Å²) in [6.07, 6.45) is 0.216. The first kappa shape index (κ1) is 29.6. The van der Waals surface area contributed by atoms with Gasteiger partial charge in [-0.3, -0.25) is 29.8 Å².